The monoisotopic (exact) mass is 572 g/mol. The quantitative estimate of drug-likeness (QED) is 0.0982. The van der Waals surface area contributed by atoms with Crippen molar-refractivity contribution in [1.82, 2.24) is 10.6 Å². The lowest BCUT2D eigenvalue weighted by atomic mass is 10.1. The molecule has 0 radical (unpaired) electrons. The highest BCUT2D eigenvalue weighted by Crippen LogP contribution is 2.22. The van der Waals surface area contributed by atoms with Crippen LogP contribution in [-0.2, 0) is 0 Å². The van der Waals surface area contributed by atoms with Gasteiger partial charge < -0.3 is 15.4 Å². The van der Waals surface area contributed by atoms with Crippen LogP contribution in [0.5, 0.6) is 5.75 Å². The van der Waals surface area contributed by atoms with Gasteiger partial charge in [-0.15, -0.1) is 0 Å². The highest BCUT2D eigenvalue weighted by Gasteiger charge is 2.16. The van der Waals surface area contributed by atoms with Gasteiger partial charge in [-0.3, -0.25) is 9.59 Å². The van der Waals surface area contributed by atoms with E-state index in [0.29, 0.717) is 36.6 Å². The van der Waals surface area contributed by atoms with Gasteiger partial charge in [-0.25, -0.2) is 0 Å². The standard InChI is InChI=1S/C36H64N2O3/c1-4-7-10-13-15-17-19-21-23-28-37-35(39)32-26-27-33(34(31-32)41-30-25-12-9-6-3)36(40)38-29-24-22-20-18-16-14-11-8-5-2/h26-27,31H,4-25,28-30H2,1-3H3,(H,37,39)(H,38,40). The van der Waals surface area contributed by atoms with Crippen LogP contribution < -0.4 is 15.4 Å². The van der Waals surface area contributed by atoms with Gasteiger partial charge in [0.05, 0.1) is 12.2 Å². The van der Waals surface area contributed by atoms with Crippen LogP contribution in [0.2, 0.25) is 0 Å². The molecule has 0 fully saturated rings. The maximum Gasteiger partial charge on any atom is 0.255 e. The summed E-state index contributed by atoms with van der Waals surface area (Å²) >= 11 is 0. The van der Waals surface area contributed by atoms with Crippen LogP contribution in [0.1, 0.15) is 183 Å². The number of carbonyl (C=O) groups excluding carboxylic acids is 2. The van der Waals surface area contributed by atoms with Crippen molar-refractivity contribution in [3.63, 3.8) is 0 Å². The SMILES string of the molecule is CCCCCCCCCCCNC(=O)c1ccc(C(=O)NCCCCCCCCCCC)c(OCCCCCC)c1. The number of hydrogen-bond donors (Lipinski definition) is 2. The lowest BCUT2D eigenvalue weighted by Crippen LogP contribution is -2.26. The molecule has 5 nitrogen and oxygen atoms in total. The van der Waals surface area contributed by atoms with Gasteiger partial charge in [0.2, 0.25) is 0 Å². The summed E-state index contributed by atoms with van der Waals surface area (Å²) in [5.74, 6) is 0.304. The Kier molecular flexibility index (Phi) is 24.2. The molecule has 0 atom stereocenters. The highest BCUT2D eigenvalue weighted by molar-refractivity contribution is 6.00. The number of carbonyl (C=O) groups is 2. The largest absolute Gasteiger partial charge is 0.493 e. The molecule has 2 amide bonds. The van der Waals surface area contributed by atoms with Gasteiger partial charge in [0.1, 0.15) is 5.75 Å². The second kappa shape index (κ2) is 26.8. The van der Waals surface area contributed by atoms with E-state index in [9.17, 15) is 9.59 Å². The average molecular weight is 573 g/mol. The predicted octanol–water partition coefficient (Wildman–Crippen LogP) is 10.2. The first-order valence-corrected chi connectivity index (χ1v) is 17.5. The van der Waals surface area contributed by atoms with Crippen LogP contribution in [0.15, 0.2) is 18.2 Å². The lowest BCUT2D eigenvalue weighted by molar-refractivity contribution is 0.0937. The Labute approximate surface area is 253 Å². The zero-order valence-corrected chi connectivity index (χ0v) is 27.1. The summed E-state index contributed by atoms with van der Waals surface area (Å²) < 4.78 is 6.06. The van der Waals surface area contributed by atoms with E-state index in [0.717, 1.165) is 38.5 Å². The molecule has 0 unspecified atom stereocenters. The first-order valence-electron chi connectivity index (χ1n) is 17.5. The minimum absolute atomic E-state index is 0.0953. The van der Waals surface area contributed by atoms with Gasteiger partial charge >= 0.3 is 0 Å². The number of ether oxygens (including phenoxy) is 1. The summed E-state index contributed by atoms with van der Waals surface area (Å²) in [6.07, 6.45) is 27.1. The lowest BCUT2D eigenvalue weighted by Gasteiger charge is -2.14. The fraction of sp³-hybridized carbons (Fsp3) is 0.778. The zero-order chi connectivity index (χ0) is 29.8. The van der Waals surface area contributed by atoms with Gasteiger partial charge in [0, 0.05) is 18.7 Å². The first kappa shape index (κ1) is 37.0. The van der Waals surface area contributed by atoms with Crippen LogP contribution in [0.3, 0.4) is 0 Å². The Morgan fingerprint density at radius 3 is 1.44 bits per heavy atom. The molecule has 2 N–H and O–H groups in total. The topological polar surface area (TPSA) is 67.4 Å². The Balaban J connectivity index is 2.48. The number of hydrogen-bond acceptors (Lipinski definition) is 3. The van der Waals surface area contributed by atoms with Crippen molar-refractivity contribution in [2.45, 2.75) is 162 Å². The van der Waals surface area contributed by atoms with Gasteiger partial charge in [0.15, 0.2) is 0 Å². The third-order valence-corrected chi connectivity index (χ3v) is 7.88. The number of amides is 2. The maximum atomic E-state index is 13.0. The molecule has 0 aromatic heterocycles. The van der Waals surface area contributed by atoms with Gasteiger partial charge in [-0.2, -0.15) is 0 Å². The van der Waals surface area contributed by atoms with E-state index < -0.39 is 0 Å². The molecule has 1 rings (SSSR count). The van der Waals surface area contributed by atoms with Crippen molar-refractivity contribution >= 4 is 11.8 Å². The molecule has 0 aliphatic carbocycles. The van der Waals surface area contributed by atoms with E-state index in [1.54, 1.807) is 18.2 Å². The molecule has 0 aliphatic heterocycles. The van der Waals surface area contributed by atoms with Gasteiger partial charge in [0.25, 0.3) is 11.8 Å². The number of rotatable bonds is 28. The van der Waals surface area contributed by atoms with Crippen molar-refractivity contribution < 1.29 is 14.3 Å². The minimum Gasteiger partial charge on any atom is -0.493 e. The van der Waals surface area contributed by atoms with E-state index in [1.165, 1.54) is 103 Å². The van der Waals surface area contributed by atoms with Crippen molar-refractivity contribution in [3.8, 4) is 5.75 Å². The van der Waals surface area contributed by atoms with Crippen LogP contribution in [0.4, 0.5) is 0 Å². The maximum absolute atomic E-state index is 13.0. The van der Waals surface area contributed by atoms with E-state index in [4.69, 9.17) is 4.74 Å². The van der Waals surface area contributed by atoms with Gasteiger partial charge in [-0.1, -0.05) is 143 Å². The molecule has 41 heavy (non-hydrogen) atoms. The average Bonchev–Trinajstić information content (AvgIpc) is 2.98. The number of benzene rings is 1. The normalized spacial score (nSPS) is 11.0. The van der Waals surface area contributed by atoms with Gasteiger partial charge in [-0.05, 0) is 37.5 Å². The third-order valence-electron chi connectivity index (χ3n) is 7.88. The Morgan fingerprint density at radius 2 is 0.951 bits per heavy atom. The molecule has 5 heteroatoms. The molecule has 1 aromatic rings. The molecule has 0 spiro atoms. The smallest absolute Gasteiger partial charge is 0.255 e. The fourth-order valence-corrected chi connectivity index (χ4v) is 5.15. The summed E-state index contributed by atoms with van der Waals surface area (Å²) in [7, 11) is 0. The second-order valence-corrected chi connectivity index (χ2v) is 11.8. The molecule has 0 saturated carbocycles. The van der Waals surface area contributed by atoms with Crippen LogP contribution in [0.25, 0.3) is 0 Å². The molecule has 0 heterocycles. The van der Waals surface area contributed by atoms with Crippen molar-refractivity contribution in [1.29, 1.82) is 0 Å². The predicted molar refractivity (Wildman–Crippen MR) is 175 cm³/mol. The van der Waals surface area contributed by atoms with E-state index in [-0.39, 0.29) is 11.8 Å². The summed E-state index contributed by atoms with van der Waals surface area (Å²) in [4.78, 5) is 25.8. The van der Waals surface area contributed by atoms with Crippen LogP contribution in [0, 0.1) is 0 Å². The van der Waals surface area contributed by atoms with Crippen LogP contribution in [-0.4, -0.2) is 31.5 Å². The Morgan fingerprint density at radius 1 is 0.537 bits per heavy atom. The van der Waals surface area contributed by atoms with Crippen molar-refractivity contribution in [3.05, 3.63) is 29.3 Å². The summed E-state index contributed by atoms with van der Waals surface area (Å²) in [6, 6.07) is 5.25. The van der Waals surface area contributed by atoms with E-state index >= 15 is 0 Å². The molecule has 0 aliphatic rings. The third kappa shape index (κ3) is 19.7. The van der Waals surface area contributed by atoms with Crippen molar-refractivity contribution in [2.24, 2.45) is 0 Å². The summed E-state index contributed by atoms with van der Waals surface area (Å²) in [5, 5.41) is 6.13. The molecule has 236 valence electrons. The Hall–Kier alpha value is -2.04. The molecular weight excluding hydrogens is 508 g/mol. The highest BCUT2D eigenvalue weighted by atomic mass is 16.5. The molecule has 1 aromatic carbocycles. The van der Waals surface area contributed by atoms with E-state index in [2.05, 4.69) is 31.4 Å². The minimum atomic E-state index is -0.116. The number of nitrogens with one attached hydrogen (secondary N) is 2. The number of unbranched alkanes of at least 4 members (excludes halogenated alkanes) is 19. The van der Waals surface area contributed by atoms with Crippen molar-refractivity contribution in [2.75, 3.05) is 19.7 Å². The zero-order valence-electron chi connectivity index (χ0n) is 27.1. The van der Waals surface area contributed by atoms with E-state index in [1.807, 2.05) is 0 Å². The first-order chi connectivity index (χ1) is 20.1. The second-order valence-electron chi connectivity index (χ2n) is 11.8. The summed E-state index contributed by atoms with van der Waals surface area (Å²) in [5.41, 5.74) is 1.08. The molecule has 0 bridgehead atoms. The Bertz CT molecular complexity index is 780. The molecule has 0 saturated heterocycles. The molecular formula is C36H64N2O3. The van der Waals surface area contributed by atoms with Crippen LogP contribution >= 0.6 is 0 Å². The summed E-state index contributed by atoms with van der Waals surface area (Å²) in [6.45, 7) is 8.61. The fourth-order valence-electron chi connectivity index (χ4n) is 5.15.